The lowest BCUT2D eigenvalue weighted by atomic mass is 10.0. The molecular weight excluding hydrogens is 575 g/mol. The molecule has 0 bridgehead atoms. The lowest BCUT2D eigenvalue weighted by Gasteiger charge is -2.20. The number of pyridine rings is 1. The van der Waals surface area contributed by atoms with E-state index in [-0.39, 0.29) is 51.2 Å². The fourth-order valence-electron chi connectivity index (χ4n) is 5.12. The van der Waals surface area contributed by atoms with E-state index in [2.05, 4.69) is 25.4 Å². The number of carbonyl (C=O) groups excluding carboxylic acids is 2. The molecular formula is C28H23ClF3N7O3. The summed E-state index contributed by atoms with van der Waals surface area (Å²) in [6.07, 6.45) is 3.47. The van der Waals surface area contributed by atoms with Crippen molar-refractivity contribution in [2.24, 2.45) is 11.8 Å². The van der Waals surface area contributed by atoms with Crippen LogP contribution in [0.3, 0.4) is 0 Å². The molecule has 1 aliphatic heterocycles. The highest BCUT2D eigenvalue weighted by molar-refractivity contribution is 6.31. The number of nitrogens with one attached hydrogen (secondary N) is 1. The molecule has 1 aliphatic carbocycles. The van der Waals surface area contributed by atoms with Crippen LogP contribution in [0.5, 0.6) is 5.75 Å². The van der Waals surface area contributed by atoms with Crippen LogP contribution >= 0.6 is 11.6 Å². The number of halogens is 4. The zero-order chi connectivity index (χ0) is 29.9. The number of rotatable bonds is 7. The average Bonchev–Trinajstić information content (AvgIpc) is 3.46. The standard InChI is InChI=1S/C28H23ClF3N7O3/c1-12-24(37-20(9-33-12)22-17(25(31)32)3-4-19(29)23(22)30)27(41)36-16-8-35-39(11-16)13(2)14-6-21(40)26(34-7-14)38-10-15-5-18(15)28(38)42/h3-4,6-9,11,13,15,18,25,40H,5,10H2,1-2H3,(H,36,41)/t13-,15+,18+/m0/s1. The van der Waals surface area contributed by atoms with Crippen molar-refractivity contribution in [3.63, 3.8) is 0 Å². The van der Waals surface area contributed by atoms with Gasteiger partial charge < -0.3 is 10.4 Å². The Labute approximate surface area is 242 Å². The number of carbonyl (C=O) groups is 2. The molecule has 1 saturated carbocycles. The van der Waals surface area contributed by atoms with E-state index in [4.69, 9.17) is 11.6 Å². The minimum absolute atomic E-state index is 0.0197. The fourth-order valence-corrected chi connectivity index (χ4v) is 5.27. The van der Waals surface area contributed by atoms with Gasteiger partial charge in [0, 0.05) is 36.0 Å². The molecule has 4 aromatic rings. The predicted octanol–water partition coefficient (Wildman–Crippen LogP) is 5.32. The number of hydrogen-bond donors (Lipinski definition) is 2. The van der Waals surface area contributed by atoms with Gasteiger partial charge in [-0.25, -0.2) is 23.1 Å². The van der Waals surface area contributed by atoms with Crippen LogP contribution in [0.25, 0.3) is 11.3 Å². The summed E-state index contributed by atoms with van der Waals surface area (Å²) in [6.45, 7) is 3.86. The van der Waals surface area contributed by atoms with Crippen LogP contribution in [-0.4, -0.2) is 48.2 Å². The Hall–Kier alpha value is -4.52. The third-order valence-electron chi connectivity index (χ3n) is 7.57. The van der Waals surface area contributed by atoms with Gasteiger partial charge in [0.25, 0.3) is 12.3 Å². The Morgan fingerprint density at radius 3 is 2.69 bits per heavy atom. The molecule has 6 rings (SSSR count). The van der Waals surface area contributed by atoms with E-state index < -0.39 is 35.3 Å². The van der Waals surface area contributed by atoms with Crippen molar-refractivity contribution < 1.29 is 27.9 Å². The molecule has 42 heavy (non-hydrogen) atoms. The molecule has 10 nitrogen and oxygen atoms in total. The van der Waals surface area contributed by atoms with E-state index >= 15 is 0 Å². The van der Waals surface area contributed by atoms with E-state index in [1.54, 1.807) is 12.4 Å². The Morgan fingerprint density at radius 1 is 1.21 bits per heavy atom. The molecule has 2 aliphatic rings. The van der Waals surface area contributed by atoms with E-state index in [0.717, 1.165) is 24.8 Å². The van der Waals surface area contributed by atoms with Crippen molar-refractivity contribution in [2.75, 3.05) is 16.8 Å². The third kappa shape index (κ3) is 4.83. The molecule has 2 amide bonds. The molecule has 1 aromatic carbocycles. The molecule has 1 saturated heterocycles. The topological polar surface area (TPSA) is 126 Å². The second-order valence-corrected chi connectivity index (χ2v) is 10.7. The van der Waals surface area contributed by atoms with Gasteiger partial charge >= 0.3 is 0 Å². The van der Waals surface area contributed by atoms with Gasteiger partial charge in [-0.1, -0.05) is 17.7 Å². The Morgan fingerprint density at radius 2 is 2.00 bits per heavy atom. The van der Waals surface area contributed by atoms with Gasteiger partial charge in [-0.2, -0.15) is 5.10 Å². The Bertz CT molecular complexity index is 1750. The zero-order valence-electron chi connectivity index (χ0n) is 22.2. The van der Waals surface area contributed by atoms with Gasteiger partial charge in [0.05, 0.1) is 40.5 Å². The minimum atomic E-state index is -3.01. The SMILES string of the molecule is Cc1ncc(-c2c(C(F)F)ccc(Cl)c2F)nc1C(=O)Nc1cnn([C@@H](C)c2cnc(N3C[C@H]4C[C@H]4C3=O)c(O)c2)c1. The molecule has 2 fully saturated rings. The van der Waals surface area contributed by atoms with E-state index in [0.29, 0.717) is 18.0 Å². The minimum Gasteiger partial charge on any atom is -0.504 e. The quantitative estimate of drug-likeness (QED) is 0.295. The first-order chi connectivity index (χ1) is 20.0. The summed E-state index contributed by atoms with van der Waals surface area (Å²) in [5.41, 5.74) is -0.546. The van der Waals surface area contributed by atoms with Crippen LogP contribution in [0.1, 0.15) is 53.1 Å². The molecule has 0 spiro atoms. The molecule has 4 heterocycles. The third-order valence-corrected chi connectivity index (χ3v) is 7.87. The summed E-state index contributed by atoms with van der Waals surface area (Å²) in [4.78, 5) is 39.5. The average molecular weight is 598 g/mol. The molecule has 2 N–H and O–H groups in total. The number of fused-ring (bicyclic) bond motifs is 1. The normalized spacial score (nSPS) is 18.4. The molecule has 0 unspecified atom stereocenters. The van der Waals surface area contributed by atoms with Gasteiger partial charge in [-0.3, -0.25) is 24.2 Å². The number of piperidine rings is 1. The number of anilines is 2. The molecule has 3 atom stereocenters. The molecule has 0 radical (unpaired) electrons. The number of aromatic hydroxyl groups is 1. The lowest BCUT2D eigenvalue weighted by molar-refractivity contribution is -0.118. The highest BCUT2D eigenvalue weighted by atomic mass is 35.5. The van der Waals surface area contributed by atoms with Gasteiger partial charge in [0.2, 0.25) is 5.91 Å². The first-order valence-corrected chi connectivity index (χ1v) is 13.4. The number of hydrogen-bond acceptors (Lipinski definition) is 7. The maximum atomic E-state index is 14.8. The number of amides is 2. The van der Waals surface area contributed by atoms with Crippen molar-refractivity contribution in [1.29, 1.82) is 0 Å². The van der Waals surface area contributed by atoms with Crippen LogP contribution in [-0.2, 0) is 4.79 Å². The summed E-state index contributed by atoms with van der Waals surface area (Å²) in [5.74, 6) is -1.34. The second-order valence-electron chi connectivity index (χ2n) is 10.3. The van der Waals surface area contributed by atoms with E-state index in [1.165, 1.54) is 28.8 Å². The predicted molar refractivity (Wildman–Crippen MR) is 146 cm³/mol. The number of nitrogens with zero attached hydrogens (tertiary/aromatic N) is 6. The summed E-state index contributed by atoms with van der Waals surface area (Å²) in [5, 5.41) is 17.1. The van der Waals surface area contributed by atoms with Crippen LogP contribution in [0.15, 0.2) is 43.0 Å². The summed E-state index contributed by atoms with van der Waals surface area (Å²) in [6, 6.07) is 3.14. The lowest BCUT2D eigenvalue weighted by Crippen LogP contribution is -2.28. The second kappa shape index (κ2) is 10.4. The molecule has 14 heteroatoms. The monoisotopic (exact) mass is 597 g/mol. The van der Waals surface area contributed by atoms with Crippen LogP contribution in [0.2, 0.25) is 5.02 Å². The van der Waals surface area contributed by atoms with Crippen molar-refractivity contribution in [3.8, 4) is 17.0 Å². The zero-order valence-corrected chi connectivity index (χ0v) is 23.0. The Kier molecular flexibility index (Phi) is 6.84. The maximum absolute atomic E-state index is 14.8. The molecule has 216 valence electrons. The first-order valence-electron chi connectivity index (χ1n) is 13.0. The Balaban J connectivity index is 1.20. The van der Waals surface area contributed by atoms with Gasteiger partial charge in [-0.15, -0.1) is 0 Å². The van der Waals surface area contributed by atoms with Gasteiger partial charge in [-0.05, 0) is 43.9 Å². The smallest absolute Gasteiger partial charge is 0.276 e. The van der Waals surface area contributed by atoms with Crippen molar-refractivity contribution in [1.82, 2.24) is 24.7 Å². The highest BCUT2D eigenvalue weighted by Crippen LogP contribution is 2.48. The van der Waals surface area contributed by atoms with Crippen LogP contribution < -0.4 is 10.2 Å². The van der Waals surface area contributed by atoms with Crippen molar-refractivity contribution in [2.45, 2.75) is 32.7 Å². The summed E-state index contributed by atoms with van der Waals surface area (Å²) >= 11 is 5.82. The summed E-state index contributed by atoms with van der Waals surface area (Å²) < 4.78 is 43.5. The number of aromatic nitrogens is 5. The van der Waals surface area contributed by atoms with Gasteiger partial charge in [0.1, 0.15) is 5.69 Å². The van der Waals surface area contributed by atoms with E-state index in [9.17, 15) is 27.9 Å². The fraction of sp³-hybridized carbons (Fsp3) is 0.286. The number of benzene rings is 1. The van der Waals surface area contributed by atoms with Crippen LogP contribution in [0, 0.1) is 24.6 Å². The summed E-state index contributed by atoms with van der Waals surface area (Å²) in [7, 11) is 0. The van der Waals surface area contributed by atoms with Crippen LogP contribution in [0.4, 0.5) is 24.7 Å². The van der Waals surface area contributed by atoms with E-state index in [1.807, 2.05) is 6.92 Å². The number of alkyl halides is 2. The van der Waals surface area contributed by atoms with Crippen molar-refractivity contribution >= 4 is 34.9 Å². The maximum Gasteiger partial charge on any atom is 0.276 e. The van der Waals surface area contributed by atoms with Gasteiger partial charge in [0.15, 0.2) is 17.4 Å². The largest absolute Gasteiger partial charge is 0.504 e. The van der Waals surface area contributed by atoms with Crippen molar-refractivity contribution in [3.05, 3.63) is 76.3 Å². The number of aryl methyl sites for hydroxylation is 1. The molecule has 3 aromatic heterocycles. The highest BCUT2D eigenvalue weighted by Gasteiger charge is 2.53. The first kappa shape index (κ1) is 27.6.